The lowest BCUT2D eigenvalue weighted by Crippen LogP contribution is -2.44. The maximum absolute atomic E-state index is 12.0. The highest BCUT2D eigenvalue weighted by molar-refractivity contribution is 5.68. The van der Waals surface area contributed by atoms with Crippen LogP contribution in [0.4, 0.5) is 10.6 Å². The van der Waals surface area contributed by atoms with Crippen molar-refractivity contribution >= 4 is 11.9 Å². The average Bonchev–Trinajstić information content (AvgIpc) is 2.37. The van der Waals surface area contributed by atoms with Crippen LogP contribution in [0.2, 0.25) is 0 Å². The summed E-state index contributed by atoms with van der Waals surface area (Å²) in [5, 5.41) is 3.44. The summed E-state index contributed by atoms with van der Waals surface area (Å²) in [5.74, 6) is 0.908. The topological polar surface area (TPSA) is 54.5 Å². The number of hydrogen-bond donors (Lipinski definition) is 1. The molecule has 1 N–H and O–H groups in total. The second kappa shape index (κ2) is 6.33. The summed E-state index contributed by atoms with van der Waals surface area (Å²) < 4.78 is 5.40. The zero-order chi connectivity index (χ0) is 15.5. The Morgan fingerprint density at radius 1 is 1.33 bits per heavy atom. The molecule has 21 heavy (non-hydrogen) atoms. The maximum atomic E-state index is 12.0. The van der Waals surface area contributed by atoms with Gasteiger partial charge in [0.25, 0.3) is 0 Å². The first-order valence-corrected chi connectivity index (χ1v) is 7.51. The Labute approximate surface area is 126 Å². The van der Waals surface area contributed by atoms with Crippen LogP contribution in [0, 0.1) is 6.92 Å². The molecule has 116 valence electrons. The summed E-state index contributed by atoms with van der Waals surface area (Å²) in [5.41, 5.74) is 0.573. The third kappa shape index (κ3) is 4.92. The van der Waals surface area contributed by atoms with Gasteiger partial charge < -0.3 is 15.0 Å². The first kappa shape index (κ1) is 15.6. The van der Waals surface area contributed by atoms with Gasteiger partial charge >= 0.3 is 6.09 Å². The molecular formula is C16H25N3O2. The fraction of sp³-hybridized carbons (Fsp3) is 0.625. The lowest BCUT2D eigenvalue weighted by Gasteiger charge is -2.33. The minimum absolute atomic E-state index is 0.213. The zero-order valence-electron chi connectivity index (χ0n) is 13.3. The molecule has 1 aliphatic rings. The van der Waals surface area contributed by atoms with Gasteiger partial charge in [0, 0.05) is 24.8 Å². The third-order valence-electron chi connectivity index (χ3n) is 3.39. The number of nitrogens with zero attached hydrogens (tertiary/aromatic N) is 2. The van der Waals surface area contributed by atoms with E-state index >= 15 is 0 Å². The fourth-order valence-electron chi connectivity index (χ4n) is 2.37. The predicted octanol–water partition coefficient (Wildman–Crippen LogP) is 3.20. The normalized spacial score (nSPS) is 16.7. The number of carbonyl (C=O) groups is 1. The van der Waals surface area contributed by atoms with Gasteiger partial charge in [-0.2, -0.15) is 0 Å². The standard InChI is InChI=1S/C16H25N3O2/c1-12-6-5-7-14(17-12)18-13-8-10-19(11-9-13)15(20)21-16(2,3)4/h5-7,13H,8-11H2,1-4H3,(H,17,18). The highest BCUT2D eigenvalue weighted by atomic mass is 16.6. The number of aryl methyl sites for hydroxylation is 1. The van der Waals surface area contributed by atoms with Gasteiger partial charge in [-0.15, -0.1) is 0 Å². The van der Waals surface area contributed by atoms with Gasteiger partial charge in [0.2, 0.25) is 0 Å². The molecule has 0 radical (unpaired) electrons. The third-order valence-corrected chi connectivity index (χ3v) is 3.39. The molecule has 5 heteroatoms. The van der Waals surface area contributed by atoms with Crippen molar-refractivity contribution in [2.24, 2.45) is 0 Å². The van der Waals surface area contributed by atoms with E-state index in [0.29, 0.717) is 6.04 Å². The molecule has 0 bridgehead atoms. The van der Waals surface area contributed by atoms with Gasteiger partial charge in [0.15, 0.2) is 0 Å². The zero-order valence-corrected chi connectivity index (χ0v) is 13.3. The second-order valence-corrected chi connectivity index (χ2v) is 6.55. The highest BCUT2D eigenvalue weighted by Gasteiger charge is 2.26. The lowest BCUT2D eigenvalue weighted by atomic mass is 10.1. The van der Waals surface area contributed by atoms with E-state index < -0.39 is 5.60 Å². The molecule has 1 amide bonds. The molecule has 1 aromatic rings. The number of amides is 1. The molecule has 1 fully saturated rings. The number of nitrogens with one attached hydrogen (secondary N) is 1. The largest absolute Gasteiger partial charge is 0.444 e. The Balaban J connectivity index is 1.82. The maximum Gasteiger partial charge on any atom is 0.410 e. The minimum atomic E-state index is -0.433. The summed E-state index contributed by atoms with van der Waals surface area (Å²) in [6.45, 7) is 9.10. The Hall–Kier alpha value is -1.78. The summed E-state index contributed by atoms with van der Waals surface area (Å²) in [4.78, 5) is 18.2. The van der Waals surface area contributed by atoms with Gasteiger partial charge in [-0.3, -0.25) is 0 Å². The molecule has 0 spiro atoms. The molecule has 0 saturated carbocycles. The van der Waals surface area contributed by atoms with Crippen molar-refractivity contribution in [3.8, 4) is 0 Å². The molecule has 0 aliphatic carbocycles. The number of anilines is 1. The number of carbonyl (C=O) groups excluding carboxylic acids is 1. The van der Waals surface area contributed by atoms with E-state index in [2.05, 4.69) is 10.3 Å². The SMILES string of the molecule is Cc1cccc(NC2CCN(C(=O)OC(C)(C)C)CC2)n1. The van der Waals surface area contributed by atoms with E-state index in [1.165, 1.54) is 0 Å². The molecule has 1 aromatic heterocycles. The Bertz CT molecular complexity index is 489. The van der Waals surface area contributed by atoms with Crippen LogP contribution in [-0.2, 0) is 4.74 Å². The Morgan fingerprint density at radius 3 is 2.57 bits per heavy atom. The van der Waals surface area contributed by atoms with E-state index in [9.17, 15) is 4.79 Å². The van der Waals surface area contributed by atoms with Crippen LogP contribution < -0.4 is 5.32 Å². The quantitative estimate of drug-likeness (QED) is 0.909. The summed E-state index contributed by atoms with van der Waals surface area (Å²) in [7, 11) is 0. The van der Waals surface area contributed by atoms with Crippen LogP contribution in [0.5, 0.6) is 0 Å². The van der Waals surface area contributed by atoms with Crippen molar-refractivity contribution in [1.82, 2.24) is 9.88 Å². The van der Waals surface area contributed by atoms with Crippen molar-refractivity contribution in [2.75, 3.05) is 18.4 Å². The van der Waals surface area contributed by atoms with Crippen molar-refractivity contribution in [3.05, 3.63) is 23.9 Å². The minimum Gasteiger partial charge on any atom is -0.444 e. The monoisotopic (exact) mass is 291 g/mol. The number of ether oxygens (including phenoxy) is 1. The van der Waals surface area contributed by atoms with E-state index in [0.717, 1.165) is 37.4 Å². The number of pyridine rings is 1. The first-order chi connectivity index (χ1) is 9.83. The number of aromatic nitrogens is 1. The summed E-state index contributed by atoms with van der Waals surface area (Å²) in [6, 6.07) is 6.32. The molecule has 1 saturated heterocycles. The van der Waals surface area contributed by atoms with Crippen LogP contribution >= 0.6 is 0 Å². The number of rotatable bonds is 2. The van der Waals surface area contributed by atoms with Gasteiger partial charge in [-0.25, -0.2) is 9.78 Å². The van der Waals surface area contributed by atoms with Gasteiger partial charge in [0.05, 0.1) is 0 Å². The van der Waals surface area contributed by atoms with Crippen LogP contribution in [0.3, 0.4) is 0 Å². The molecule has 0 aromatic carbocycles. The summed E-state index contributed by atoms with van der Waals surface area (Å²) >= 11 is 0. The molecule has 1 aliphatic heterocycles. The van der Waals surface area contributed by atoms with Crippen LogP contribution in [0.1, 0.15) is 39.3 Å². The molecule has 2 rings (SSSR count). The average molecular weight is 291 g/mol. The fourth-order valence-corrected chi connectivity index (χ4v) is 2.37. The van der Waals surface area contributed by atoms with E-state index in [4.69, 9.17) is 4.74 Å². The highest BCUT2D eigenvalue weighted by Crippen LogP contribution is 2.18. The van der Waals surface area contributed by atoms with Crippen LogP contribution in [-0.4, -0.2) is 40.7 Å². The van der Waals surface area contributed by atoms with Gasteiger partial charge in [-0.1, -0.05) is 6.07 Å². The van der Waals surface area contributed by atoms with Crippen molar-refractivity contribution < 1.29 is 9.53 Å². The smallest absolute Gasteiger partial charge is 0.410 e. The van der Waals surface area contributed by atoms with E-state index in [-0.39, 0.29) is 6.09 Å². The van der Waals surface area contributed by atoms with E-state index in [1.54, 1.807) is 4.90 Å². The predicted molar refractivity (Wildman–Crippen MR) is 83.4 cm³/mol. The molecule has 5 nitrogen and oxygen atoms in total. The lowest BCUT2D eigenvalue weighted by molar-refractivity contribution is 0.0210. The Kier molecular flexibility index (Phi) is 4.70. The van der Waals surface area contributed by atoms with Crippen molar-refractivity contribution in [3.63, 3.8) is 0 Å². The molecular weight excluding hydrogens is 266 g/mol. The second-order valence-electron chi connectivity index (χ2n) is 6.55. The van der Waals surface area contributed by atoms with Gasteiger partial charge in [0.1, 0.15) is 11.4 Å². The van der Waals surface area contributed by atoms with Crippen LogP contribution in [0.25, 0.3) is 0 Å². The number of likely N-dealkylation sites (tertiary alicyclic amines) is 1. The first-order valence-electron chi connectivity index (χ1n) is 7.51. The molecule has 0 unspecified atom stereocenters. The van der Waals surface area contributed by atoms with Crippen LogP contribution in [0.15, 0.2) is 18.2 Å². The van der Waals surface area contributed by atoms with Gasteiger partial charge in [-0.05, 0) is 52.7 Å². The number of hydrogen-bond acceptors (Lipinski definition) is 4. The number of piperidine rings is 1. The molecule has 0 atom stereocenters. The van der Waals surface area contributed by atoms with Crippen molar-refractivity contribution in [2.45, 2.75) is 52.2 Å². The molecule has 2 heterocycles. The van der Waals surface area contributed by atoms with E-state index in [1.807, 2.05) is 45.9 Å². The van der Waals surface area contributed by atoms with Crippen molar-refractivity contribution in [1.29, 1.82) is 0 Å². The Morgan fingerprint density at radius 2 is 2.00 bits per heavy atom. The summed E-state index contributed by atoms with van der Waals surface area (Å²) in [6.07, 6.45) is 1.61.